The van der Waals surface area contributed by atoms with Crippen molar-refractivity contribution in [2.24, 2.45) is 0 Å². The van der Waals surface area contributed by atoms with Gasteiger partial charge in [0, 0.05) is 0 Å². The average Bonchev–Trinajstić information content (AvgIpc) is 2.52. The summed E-state index contributed by atoms with van der Waals surface area (Å²) >= 11 is -2.07. The molecule has 2 nitrogen and oxygen atoms in total. The van der Waals surface area contributed by atoms with E-state index in [0.29, 0.717) is 6.54 Å². The Morgan fingerprint density at radius 1 is 0.955 bits per heavy atom. The van der Waals surface area contributed by atoms with Crippen LogP contribution in [0, 0.1) is 0 Å². The van der Waals surface area contributed by atoms with E-state index in [-0.39, 0.29) is 5.91 Å². The van der Waals surface area contributed by atoms with Gasteiger partial charge in [-0.2, -0.15) is 0 Å². The molecule has 0 aliphatic carbocycles. The van der Waals surface area contributed by atoms with E-state index in [1.807, 2.05) is 59.6 Å². The summed E-state index contributed by atoms with van der Waals surface area (Å²) in [7, 11) is 0. The normalized spacial score (nSPS) is 11.6. The fourth-order valence-corrected chi connectivity index (χ4v) is 3.82. The molecule has 0 atom stereocenters. The molecule has 0 bridgehead atoms. The van der Waals surface area contributed by atoms with E-state index in [1.165, 1.54) is 0 Å². The zero-order valence-electron chi connectivity index (χ0n) is 13.5. The van der Waals surface area contributed by atoms with E-state index in [2.05, 4.69) is 31.0 Å². The molecule has 0 radical (unpaired) electrons. The van der Waals surface area contributed by atoms with Gasteiger partial charge in [0.25, 0.3) is 0 Å². The van der Waals surface area contributed by atoms with Crippen molar-refractivity contribution < 1.29 is 4.79 Å². The first-order valence-electron chi connectivity index (χ1n) is 7.55. The molecule has 0 N–H and O–H groups in total. The van der Waals surface area contributed by atoms with E-state index in [1.54, 1.807) is 0 Å². The van der Waals surface area contributed by atoms with Crippen LogP contribution in [0.4, 0.5) is 0 Å². The van der Waals surface area contributed by atoms with Crippen LogP contribution in [0.3, 0.4) is 0 Å². The second-order valence-corrected chi connectivity index (χ2v) is 20.9. The van der Waals surface area contributed by atoms with Gasteiger partial charge in [0.05, 0.1) is 0 Å². The van der Waals surface area contributed by atoms with Crippen LogP contribution in [0.2, 0.25) is 14.8 Å². The van der Waals surface area contributed by atoms with Crippen LogP contribution in [0.25, 0.3) is 0 Å². The Labute approximate surface area is 137 Å². The second kappa shape index (κ2) is 7.63. The van der Waals surface area contributed by atoms with Crippen LogP contribution in [-0.2, 0) is 6.54 Å². The Morgan fingerprint density at radius 3 is 2.05 bits per heavy atom. The molecule has 0 aliphatic rings. The molecule has 0 spiro atoms. The van der Waals surface area contributed by atoms with Gasteiger partial charge >= 0.3 is 137 Å². The SMILES string of the molecule is [CH3][Sn]([CH3])([CH3])/[CH]=C/N(Cc1ccccc1)C(=O)c1ccccc1. The van der Waals surface area contributed by atoms with Crippen LogP contribution in [0.5, 0.6) is 0 Å². The zero-order chi connectivity index (χ0) is 16.0. The molecule has 0 unspecified atom stereocenters. The molecular weight excluding hydrogens is 377 g/mol. The fraction of sp³-hybridized carbons (Fsp3) is 0.211. The Kier molecular flexibility index (Phi) is 5.83. The van der Waals surface area contributed by atoms with Gasteiger partial charge in [0.15, 0.2) is 0 Å². The molecule has 0 saturated heterocycles. The van der Waals surface area contributed by atoms with Gasteiger partial charge < -0.3 is 0 Å². The maximum absolute atomic E-state index is 12.8. The Balaban J connectivity index is 2.25. The van der Waals surface area contributed by atoms with Gasteiger partial charge in [0.1, 0.15) is 0 Å². The minimum absolute atomic E-state index is 0.0521. The third-order valence-electron chi connectivity index (χ3n) is 3.23. The predicted octanol–water partition coefficient (Wildman–Crippen LogP) is 4.72. The van der Waals surface area contributed by atoms with Gasteiger partial charge in [-0.05, 0) is 0 Å². The Bertz CT molecular complexity index is 629. The zero-order valence-corrected chi connectivity index (χ0v) is 16.3. The van der Waals surface area contributed by atoms with Crippen molar-refractivity contribution >= 4 is 24.3 Å². The Hall–Kier alpha value is -1.55. The summed E-state index contributed by atoms with van der Waals surface area (Å²) in [6.07, 6.45) is 2.00. The van der Waals surface area contributed by atoms with Crippen molar-refractivity contribution in [1.29, 1.82) is 0 Å². The van der Waals surface area contributed by atoms with Gasteiger partial charge in [-0.15, -0.1) is 0 Å². The van der Waals surface area contributed by atoms with E-state index in [4.69, 9.17) is 0 Å². The first kappa shape index (κ1) is 16.8. The molecule has 2 aromatic carbocycles. The molecule has 0 aliphatic heterocycles. The van der Waals surface area contributed by atoms with Crippen LogP contribution in [-0.4, -0.2) is 29.2 Å². The molecule has 2 aromatic rings. The van der Waals surface area contributed by atoms with Crippen LogP contribution >= 0.6 is 0 Å². The van der Waals surface area contributed by atoms with E-state index in [9.17, 15) is 4.79 Å². The molecule has 3 heteroatoms. The average molecular weight is 400 g/mol. The van der Waals surface area contributed by atoms with Crippen LogP contribution in [0.1, 0.15) is 15.9 Å². The van der Waals surface area contributed by atoms with Crippen molar-refractivity contribution in [1.82, 2.24) is 4.90 Å². The van der Waals surface area contributed by atoms with Gasteiger partial charge in [-0.25, -0.2) is 0 Å². The number of carbonyl (C=O) groups is 1. The summed E-state index contributed by atoms with van der Waals surface area (Å²) in [5.41, 5.74) is 1.87. The molecule has 0 heterocycles. The fourth-order valence-electron chi connectivity index (χ4n) is 2.03. The third kappa shape index (κ3) is 5.33. The maximum atomic E-state index is 12.8. The molecule has 1 amide bonds. The number of carbonyl (C=O) groups excluding carboxylic acids is 1. The summed E-state index contributed by atoms with van der Waals surface area (Å²) in [6, 6.07) is 19.6. The number of nitrogens with zero attached hydrogens (tertiary/aromatic N) is 1. The molecule has 114 valence electrons. The summed E-state index contributed by atoms with van der Waals surface area (Å²) in [5.74, 6) is 0.0521. The van der Waals surface area contributed by atoms with E-state index in [0.717, 1.165) is 11.1 Å². The van der Waals surface area contributed by atoms with Gasteiger partial charge in [-0.3, -0.25) is 0 Å². The number of hydrogen-bond donors (Lipinski definition) is 0. The Morgan fingerprint density at radius 2 is 1.50 bits per heavy atom. The molecule has 0 fully saturated rings. The van der Waals surface area contributed by atoms with Crippen LogP contribution < -0.4 is 0 Å². The second-order valence-electron chi connectivity index (χ2n) is 6.47. The van der Waals surface area contributed by atoms with E-state index >= 15 is 0 Å². The quantitative estimate of drug-likeness (QED) is 0.666. The minimum atomic E-state index is -2.07. The van der Waals surface area contributed by atoms with Crippen molar-refractivity contribution in [3.8, 4) is 0 Å². The van der Waals surface area contributed by atoms with Gasteiger partial charge in [-0.1, -0.05) is 0 Å². The van der Waals surface area contributed by atoms with Crippen LogP contribution in [0.15, 0.2) is 71.0 Å². The summed E-state index contributed by atoms with van der Waals surface area (Å²) in [4.78, 5) is 21.6. The summed E-state index contributed by atoms with van der Waals surface area (Å²) < 4.78 is 2.28. The molecular formula is C19H23NOSn. The predicted molar refractivity (Wildman–Crippen MR) is 95.2 cm³/mol. The van der Waals surface area contributed by atoms with Crippen molar-refractivity contribution in [2.75, 3.05) is 0 Å². The third-order valence-corrected chi connectivity index (χ3v) is 6.51. The van der Waals surface area contributed by atoms with Gasteiger partial charge in [0.2, 0.25) is 0 Å². The number of rotatable bonds is 5. The van der Waals surface area contributed by atoms with Crippen molar-refractivity contribution in [3.63, 3.8) is 0 Å². The first-order chi connectivity index (χ1) is 10.5. The number of amides is 1. The van der Waals surface area contributed by atoms with E-state index < -0.39 is 18.4 Å². The monoisotopic (exact) mass is 401 g/mol. The first-order valence-corrected chi connectivity index (χ1v) is 17.8. The number of benzene rings is 2. The topological polar surface area (TPSA) is 20.3 Å². The standard InChI is InChI=1S/C16H14NO.3CH3.Sn/c1-2-17(13-14-9-5-3-6-10-14)16(18)15-11-7-4-8-12-15;;;;/h1-12H,13H2;3*1H3;. The molecule has 0 saturated carbocycles. The van der Waals surface area contributed by atoms with Crippen molar-refractivity contribution in [2.45, 2.75) is 21.4 Å². The molecule has 2 rings (SSSR count). The summed E-state index contributed by atoms with van der Waals surface area (Å²) in [5, 5.41) is 0. The summed E-state index contributed by atoms with van der Waals surface area (Å²) in [6.45, 7) is 0.604. The number of hydrogen-bond acceptors (Lipinski definition) is 1. The molecule has 0 aromatic heterocycles. The molecule has 22 heavy (non-hydrogen) atoms. The van der Waals surface area contributed by atoms with Crippen molar-refractivity contribution in [3.05, 3.63) is 82.1 Å².